The van der Waals surface area contributed by atoms with Crippen molar-refractivity contribution in [2.45, 2.75) is 26.9 Å². The molecule has 0 aliphatic rings. The molecule has 3 nitrogen and oxygen atoms in total. The van der Waals surface area contributed by atoms with Gasteiger partial charge in [0.1, 0.15) is 11.5 Å². The van der Waals surface area contributed by atoms with E-state index in [-0.39, 0.29) is 0 Å². The number of hydrogen-bond acceptors (Lipinski definition) is 3. The van der Waals surface area contributed by atoms with Gasteiger partial charge >= 0.3 is 0 Å². The van der Waals surface area contributed by atoms with Crippen molar-refractivity contribution in [3.63, 3.8) is 0 Å². The molecule has 0 atom stereocenters. The van der Waals surface area contributed by atoms with Gasteiger partial charge in [0.05, 0.1) is 6.54 Å². The van der Waals surface area contributed by atoms with Crippen LogP contribution in [0.4, 0.5) is 0 Å². The van der Waals surface area contributed by atoms with Gasteiger partial charge in [0.25, 0.3) is 0 Å². The fourth-order valence-electron chi connectivity index (χ4n) is 1.42. The first-order valence-electron chi connectivity index (χ1n) is 5.07. The molecule has 1 N–H and O–H groups in total. The monoisotopic (exact) mass is 196 g/mol. The van der Waals surface area contributed by atoms with E-state index < -0.39 is 0 Å². The third-order valence-corrected chi connectivity index (χ3v) is 2.11. The van der Waals surface area contributed by atoms with Gasteiger partial charge in [0, 0.05) is 12.1 Å². The topological polar surface area (TPSA) is 28.4 Å². The Morgan fingerprint density at radius 2 is 2.14 bits per heavy atom. The second-order valence-electron chi connectivity index (χ2n) is 3.81. The molecule has 0 amide bonds. The maximum absolute atomic E-state index is 5.63. The third kappa shape index (κ3) is 3.16. The van der Waals surface area contributed by atoms with Gasteiger partial charge in [0.2, 0.25) is 0 Å². The molecule has 1 aromatic rings. The summed E-state index contributed by atoms with van der Waals surface area (Å²) in [5.74, 6) is 2.06. The summed E-state index contributed by atoms with van der Waals surface area (Å²) in [6.45, 7) is 6.86. The molecule has 1 heterocycles. The molecule has 0 spiro atoms. The van der Waals surface area contributed by atoms with E-state index in [1.165, 1.54) is 5.56 Å². The molecule has 0 radical (unpaired) electrons. The molecule has 80 valence electrons. The molecule has 0 aliphatic carbocycles. The normalized spacial score (nSPS) is 11.2. The van der Waals surface area contributed by atoms with Crippen molar-refractivity contribution in [2.75, 3.05) is 20.6 Å². The predicted molar refractivity (Wildman–Crippen MR) is 58.2 cm³/mol. The lowest BCUT2D eigenvalue weighted by atomic mass is 10.2. The zero-order chi connectivity index (χ0) is 10.6. The maximum atomic E-state index is 5.63. The Bertz CT molecular complexity index is 279. The van der Waals surface area contributed by atoms with Gasteiger partial charge in [-0.3, -0.25) is 0 Å². The Morgan fingerprint density at radius 1 is 1.43 bits per heavy atom. The summed E-state index contributed by atoms with van der Waals surface area (Å²) >= 11 is 0. The summed E-state index contributed by atoms with van der Waals surface area (Å²) < 4.78 is 5.63. The summed E-state index contributed by atoms with van der Waals surface area (Å²) in [6, 6.07) is 2.14. The van der Waals surface area contributed by atoms with E-state index in [1.807, 2.05) is 6.92 Å². The number of aryl methyl sites for hydroxylation is 1. The highest BCUT2D eigenvalue weighted by Crippen LogP contribution is 2.15. The van der Waals surface area contributed by atoms with Gasteiger partial charge in [-0.1, -0.05) is 6.92 Å². The summed E-state index contributed by atoms with van der Waals surface area (Å²) in [4.78, 5) is 2.15. The average molecular weight is 196 g/mol. The molecule has 0 saturated carbocycles. The quantitative estimate of drug-likeness (QED) is 0.778. The molecule has 1 aromatic heterocycles. The number of nitrogens with one attached hydrogen (secondary N) is 1. The number of hydrogen-bond donors (Lipinski definition) is 1. The maximum Gasteiger partial charge on any atom is 0.118 e. The summed E-state index contributed by atoms with van der Waals surface area (Å²) in [5.41, 5.74) is 1.28. The van der Waals surface area contributed by atoms with Crippen molar-refractivity contribution in [1.82, 2.24) is 10.2 Å². The highest BCUT2D eigenvalue weighted by molar-refractivity contribution is 5.20. The van der Waals surface area contributed by atoms with Crippen LogP contribution in [0.2, 0.25) is 0 Å². The van der Waals surface area contributed by atoms with Crippen molar-refractivity contribution in [3.8, 4) is 0 Å². The Morgan fingerprint density at radius 3 is 2.71 bits per heavy atom. The van der Waals surface area contributed by atoms with Crippen LogP contribution in [-0.2, 0) is 13.1 Å². The minimum absolute atomic E-state index is 0.824. The molecule has 0 saturated heterocycles. The molecule has 14 heavy (non-hydrogen) atoms. The largest absolute Gasteiger partial charge is 0.465 e. The van der Waals surface area contributed by atoms with Crippen LogP contribution in [0.1, 0.15) is 24.0 Å². The summed E-state index contributed by atoms with van der Waals surface area (Å²) in [5, 5.41) is 3.25. The first-order valence-corrected chi connectivity index (χ1v) is 5.07. The standard InChI is InChI=1S/C11H20N2O/c1-5-12-7-11-6-10(8-13(3)4)9(2)14-11/h6,12H,5,7-8H2,1-4H3. The lowest BCUT2D eigenvalue weighted by molar-refractivity contribution is 0.395. The van der Waals surface area contributed by atoms with Crippen molar-refractivity contribution in [1.29, 1.82) is 0 Å². The minimum atomic E-state index is 0.824. The Labute approximate surface area is 86.1 Å². The fraction of sp³-hybridized carbons (Fsp3) is 0.636. The van der Waals surface area contributed by atoms with Crippen molar-refractivity contribution in [2.24, 2.45) is 0 Å². The lowest BCUT2D eigenvalue weighted by Gasteiger charge is -2.07. The fourth-order valence-corrected chi connectivity index (χ4v) is 1.42. The van der Waals surface area contributed by atoms with Crippen molar-refractivity contribution < 1.29 is 4.42 Å². The zero-order valence-corrected chi connectivity index (χ0v) is 9.55. The molecule has 0 aliphatic heterocycles. The van der Waals surface area contributed by atoms with E-state index in [2.05, 4.69) is 37.3 Å². The smallest absolute Gasteiger partial charge is 0.118 e. The second kappa shape index (κ2) is 5.17. The minimum Gasteiger partial charge on any atom is -0.465 e. The lowest BCUT2D eigenvalue weighted by Crippen LogP contribution is -2.11. The van der Waals surface area contributed by atoms with Gasteiger partial charge in [-0.2, -0.15) is 0 Å². The number of rotatable bonds is 5. The molecule has 0 aromatic carbocycles. The zero-order valence-electron chi connectivity index (χ0n) is 9.55. The van der Waals surface area contributed by atoms with E-state index in [1.54, 1.807) is 0 Å². The van der Waals surface area contributed by atoms with Crippen LogP contribution in [0.25, 0.3) is 0 Å². The van der Waals surface area contributed by atoms with Gasteiger partial charge in [-0.15, -0.1) is 0 Å². The van der Waals surface area contributed by atoms with Crippen molar-refractivity contribution >= 4 is 0 Å². The highest BCUT2D eigenvalue weighted by atomic mass is 16.3. The van der Waals surface area contributed by atoms with Gasteiger partial charge < -0.3 is 14.6 Å². The Balaban J connectivity index is 2.62. The molecule has 3 heteroatoms. The average Bonchev–Trinajstić information content (AvgIpc) is 2.43. The van der Waals surface area contributed by atoms with E-state index in [0.717, 1.165) is 31.2 Å². The Hall–Kier alpha value is -0.800. The van der Waals surface area contributed by atoms with E-state index in [4.69, 9.17) is 4.42 Å². The van der Waals surface area contributed by atoms with Crippen LogP contribution < -0.4 is 5.32 Å². The third-order valence-electron chi connectivity index (χ3n) is 2.11. The molecular weight excluding hydrogens is 176 g/mol. The summed E-state index contributed by atoms with van der Waals surface area (Å²) in [7, 11) is 4.13. The molecular formula is C11H20N2O. The predicted octanol–water partition coefficient (Wildman–Crippen LogP) is 1.76. The molecule has 0 unspecified atom stereocenters. The SMILES string of the molecule is CCNCc1cc(CN(C)C)c(C)o1. The first-order chi connectivity index (χ1) is 6.63. The van der Waals surface area contributed by atoms with Crippen LogP contribution in [0, 0.1) is 6.92 Å². The van der Waals surface area contributed by atoms with Crippen LogP contribution in [0.5, 0.6) is 0 Å². The van der Waals surface area contributed by atoms with Gasteiger partial charge in [-0.25, -0.2) is 0 Å². The van der Waals surface area contributed by atoms with Gasteiger partial charge in [-0.05, 0) is 33.6 Å². The molecule has 1 rings (SSSR count). The molecule has 0 bridgehead atoms. The van der Waals surface area contributed by atoms with Gasteiger partial charge in [0.15, 0.2) is 0 Å². The van der Waals surface area contributed by atoms with Crippen LogP contribution >= 0.6 is 0 Å². The van der Waals surface area contributed by atoms with Crippen LogP contribution in [0.3, 0.4) is 0 Å². The van der Waals surface area contributed by atoms with Crippen molar-refractivity contribution in [3.05, 3.63) is 23.2 Å². The van der Waals surface area contributed by atoms with E-state index in [0.29, 0.717) is 0 Å². The number of nitrogens with zero attached hydrogens (tertiary/aromatic N) is 1. The second-order valence-corrected chi connectivity index (χ2v) is 3.81. The molecule has 0 fully saturated rings. The first kappa shape index (κ1) is 11.3. The highest BCUT2D eigenvalue weighted by Gasteiger charge is 2.07. The van der Waals surface area contributed by atoms with Crippen LogP contribution in [-0.4, -0.2) is 25.5 Å². The van der Waals surface area contributed by atoms with Crippen LogP contribution in [0.15, 0.2) is 10.5 Å². The Kier molecular flexibility index (Phi) is 4.17. The van der Waals surface area contributed by atoms with E-state index >= 15 is 0 Å². The summed E-state index contributed by atoms with van der Waals surface area (Å²) in [6.07, 6.45) is 0. The number of furan rings is 1. The van der Waals surface area contributed by atoms with E-state index in [9.17, 15) is 0 Å².